The molecule has 358 valence electrons. The van der Waals surface area contributed by atoms with Crippen LogP contribution >= 0.6 is 0 Å². The van der Waals surface area contributed by atoms with Gasteiger partial charge >= 0.3 is 24.3 Å². The monoisotopic (exact) mass is 917 g/mol. The van der Waals surface area contributed by atoms with Crippen LogP contribution in [0.25, 0.3) is 21.5 Å². The van der Waals surface area contributed by atoms with Crippen molar-refractivity contribution in [3.8, 4) is 11.5 Å². The molecular weight excluding hydrogens is 853 g/mol. The number of carboxylic acid groups (broad SMARTS) is 2. The van der Waals surface area contributed by atoms with Crippen molar-refractivity contribution >= 4 is 39.8 Å². The standard InChI is InChI=1S/C26H33F3O3.C19H19F3O2.C6H13NO2/c1-18-12-14-20(15-13-18)32-23-17-16-21-19(8-5-3-2-4-6-11-24(30)31)9-7-10-22(21)25(23)26(27,28)29;1-12-5-7-14(8-6-12)24-17-10-9-15-13(11-23)3-2-4-16(15)18(17)19(20,21)22;7-5-3-1-2-4-6(8)9/h7,9-10,16-18,20H,2-6,8,11-15H2,1H3,(H,30,31);2-4,9-12,14H,5-8H2,1H3;1-5,7H2,(H,8,9). The van der Waals surface area contributed by atoms with Crippen LogP contribution in [0.4, 0.5) is 26.3 Å². The highest BCUT2D eigenvalue weighted by atomic mass is 19.4. The Morgan fingerprint density at radius 2 is 1.02 bits per heavy atom. The number of nitrogens with two attached hydrogens (primary N) is 1. The molecule has 0 spiro atoms. The molecule has 0 aromatic heterocycles. The summed E-state index contributed by atoms with van der Waals surface area (Å²) < 4.78 is 94.9. The van der Waals surface area contributed by atoms with E-state index in [1.54, 1.807) is 18.2 Å². The van der Waals surface area contributed by atoms with Gasteiger partial charge in [0.1, 0.15) is 22.6 Å². The molecule has 4 N–H and O–H groups in total. The molecule has 0 aliphatic heterocycles. The Labute approximate surface area is 378 Å². The van der Waals surface area contributed by atoms with Gasteiger partial charge in [-0.05, 0) is 147 Å². The first-order valence-electron chi connectivity index (χ1n) is 23.1. The van der Waals surface area contributed by atoms with Crippen LogP contribution in [-0.2, 0) is 28.4 Å². The molecule has 0 bridgehead atoms. The summed E-state index contributed by atoms with van der Waals surface area (Å²) in [5, 5.41) is 18.0. The molecule has 0 radical (unpaired) electrons. The van der Waals surface area contributed by atoms with Gasteiger partial charge in [-0.25, -0.2) is 0 Å². The fourth-order valence-electron chi connectivity index (χ4n) is 8.64. The number of unbranched alkanes of at least 4 members (excludes halogenated alkanes) is 6. The van der Waals surface area contributed by atoms with Crippen molar-refractivity contribution in [2.24, 2.45) is 17.6 Å². The number of halogens is 6. The molecule has 0 saturated heterocycles. The van der Waals surface area contributed by atoms with Crippen LogP contribution in [0.15, 0.2) is 60.7 Å². The molecule has 2 saturated carbocycles. The van der Waals surface area contributed by atoms with Gasteiger partial charge in [0.15, 0.2) is 6.29 Å². The smallest absolute Gasteiger partial charge is 0.420 e. The van der Waals surface area contributed by atoms with Gasteiger partial charge in [-0.3, -0.25) is 14.4 Å². The summed E-state index contributed by atoms with van der Waals surface area (Å²) in [6, 6.07) is 15.7. The van der Waals surface area contributed by atoms with Crippen LogP contribution in [0.3, 0.4) is 0 Å². The van der Waals surface area contributed by atoms with Crippen molar-refractivity contribution in [2.45, 2.75) is 160 Å². The lowest BCUT2D eigenvalue weighted by Crippen LogP contribution is -2.24. The molecule has 2 aliphatic carbocycles. The first-order valence-corrected chi connectivity index (χ1v) is 23.1. The molecule has 0 heterocycles. The van der Waals surface area contributed by atoms with Gasteiger partial charge < -0.3 is 25.4 Å². The van der Waals surface area contributed by atoms with Crippen molar-refractivity contribution in [2.75, 3.05) is 6.54 Å². The van der Waals surface area contributed by atoms with Gasteiger partial charge in [-0.15, -0.1) is 0 Å². The number of rotatable bonds is 18. The zero-order chi connectivity index (χ0) is 47.6. The molecule has 4 aromatic rings. The zero-order valence-electron chi connectivity index (χ0n) is 37.6. The number of hydrogen-bond donors (Lipinski definition) is 3. The Morgan fingerprint density at radius 3 is 1.48 bits per heavy atom. The number of aliphatic carboxylic acids is 2. The Balaban J connectivity index is 0.000000246. The number of carbonyl (C=O) groups is 3. The molecular formula is C51H65F6NO7. The average molecular weight is 918 g/mol. The molecule has 4 aromatic carbocycles. The third kappa shape index (κ3) is 16.8. The number of fused-ring (bicyclic) bond motifs is 2. The summed E-state index contributed by atoms with van der Waals surface area (Å²) in [4.78, 5) is 31.6. The summed E-state index contributed by atoms with van der Waals surface area (Å²) >= 11 is 0. The van der Waals surface area contributed by atoms with E-state index in [1.807, 2.05) is 6.07 Å². The van der Waals surface area contributed by atoms with Gasteiger partial charge in [0.25, 0.3) is 0 Å². The number of aldehydes is 1. The highest BCUT2D eigenvalue weighted by molar-refractivity contribution is 6.00. The third-order valence-corrected chi connectivity index (χ3v) is 12.3. The summed E-state index contributed by atoms with van der Waals surface area (Å²) in [5.41, 5.74) is 4.91. The molecule has 65 heavy (non-hydrogen) atoms. The van der Waals surface area contributed by atoms with Crippen LogP contribution in [0.2, 0.25) is 0 Å². The topological polar surface area (TPSA) is 136 Å². The number of aryl methyl sites for hydroxylation is 1. The maximum Gasteiger partial charge on any atom is 0.420 e. The second-order valence-corrected chi connectivity index (χ2v) is 17.6. The van der Waals surface area contributed by atoms with Crippen molar-refractivity contribution in [1.29, 1.82) is 0 Å². The minimum absolute atomic E-state index is 0.00813. The van der Waals surface area contributed by atoms with Crippen LogP contribution in [0.1, 0.15) is 156 Å². The van der Waals surface area contributed by atoms with Gasteiger partial charge in [-0.2, -0.15) is 26.3 Å². The summed E-state index contributed by atoms with van der Waals surface area (Å²) in [5.74, 6) is -0.487. The minimum Gasteiger partial charge on any atom is -0.490 e. The average Bonchev–Trinajstić information content (AvgIpc) is 3.25. The van der Waals surface area contributed by atoms with Crippen LogP contribution < -0.4 is 15.2 Å². The summed E-state index contributed by atoms with van der Waals surface area (Å²) in [7, 11) is 0. The highest BCUT2D eigenvalue weighted by Gasteiger charge is 2.39. The van der Waals surface area contributed by atoms with Gasteiger partial charge in [0.2, 0.25) is 0 Å². The second-order valence-electron chi connectivity index (χ2n) is 17.6. The van der Waals surface area contributed by atoms with Gasteiger partial charge in [-0.1, -0.05) is 82.0 Å². The second kappa shape index (κ2) is 25.7. The summed E-state index contributed by atoms with van der Waals surface area (Å²) in [6.07, 6.45) is 6.30. The predicted molar refractivity (Wildman–Crippen MR) is 242 cm³/mol. The van der Waals surface area contributed by atoms with Crippen molar-refractivity contribution < 1.29 is 60.4 Å². The molecule has 14 heteroatoms. The van der Waals surface area contributed by atoms with E-state index in [9.17, 15) is 40.7 Å². The lowest BCUT2D eigenvalue weighted by Gasteiger charge is -2.28. The quantitative estimate of drug-likeness (QED) is 0.0510. The van der Waals surface area contributed by atoms with Crippen molar-refractivity contribution in [3.63, 3.8) is 0 Å². The Kier molecular flexibility index (Phi) is 20.9. The minimum atomic E-state index is -4.54. The first-order chi connectivity index (χ1) is 30.9. The van der Waals surface area contributed by atoms with E-state index in [1.165, 1.54) is 36.4 Å². The van der Waals surface area contributed by atoms with Crippen molar-refractivity contribution in [1.82, 2.24) is 0 Å². The van der Waals surface area contributed by atoms with E-state index < -0.39 is 35.4 Å². The van der Waals surface area contributed by atoms with Crippen LogP contribution in [-0.4, -0.2) is 47.2 Å². The Morgan fingerprint density at radius 1 is 0.585 bits per heavy atom. The van der Waals surface area contributed by atoms with Crippen molar-refractivity contribution in [3.05, 3.63) is 82.9 Å². The summed E-state index contributed by atoms with van der Waals surface area (Å²) in [6.45, 7) is 4.99. The van der Waals surface area contributed by atoms with Crippen LogP contribution in [0, 0.1) is 11.8 Å². The zero-order valence-corrected chi connectivity index (χ0v) is 37.6. The molecule has 0 atom stereocenters. The maximum absolute atomic E-state index is 14.1. The van der Waals surface area contributed by atoms with E-state index in [2.05, 4.69) is 13.8 Å². The van der Waals surface area contributed by atoms with E-state index in [0.29, 0.717) is 48.3 Å². The lowest BCUT2D eigenvalue weighted by molar-refractivity contribution is -0.139. The normalized spacial score (nSPS) is 18.8. The first kappa shape index (κ1) is 52.8. The molecule has 8 nitrogen and oxygen atoms in total. The number of benzene rings is 4. The van der Waals surface area contributed by atoms with E-state index in [0.717, 1.165) is 102 Å². The highest BCUT2D eigenvalue weighted by Crippen LogP contribution is 2.45. The number of carboxylic acids is 2. The fourth-order valence-corrected chi connectivity index (χ4v) is 8.64. The molecule has 6 rings (SSSR count). The predicted octanol–water partition coefficient (Wildman–Crippen LogP) is 14.0. The SMILES string of the molecule is CC1CCC(Oc2ccc3c(C=O)cccc3c2C(F)(F)F)CC1.CC1CCC(Oc2ccc3c(CCCCCCCC(=O)O)cccc3c2C(F)(F)F)CC1.NCCCCCC(=O)O. The lowest BCUT2D eigenvalue weighted by atomic mass is 9.89. The fraction of sp³-hybridized carbons (Fsp3) is 0.549. The van der Waals surface area contributed by atoms with Crippen LogP contribution in [0.5, 0.6) is 11.5 Å². The van der Waals surface area contributed by atoms with Gasteiger partial charge in [0, 0.05) is 18.4 Å². The Bertz CT molecular complexity index is 2120. The third-order valence-electron chi connectivity index (χ3n) is 12.3. The largest absolute Gasteiger partial charge is 0.490 e. The molecule has 2 aliphatic rings. The Hall–Kier alpha value is -4.85. The maximum atomic E-state index is 14.1. The van der Waals surface area contributed by atoms with E-state index in [4.69, 9.17) is 25.4 Å². The van der Waals surface area contributed by atoms with E-state index in [-0.39, 0.29) is 52.9 Å². The number of hydrogen-bond acceptors (Lipinski definition) is 6. The number of carbonyl (C=O) groups excluding carboxylic acids is 1. The molecule has 0 amide bonds. The molecule has 2 fully saturated rings. The van der Waals surface area contributed by atoms with Gasteiger partial charge in [0.05, 0.1) is 12.2 Å². The number of ether oxygens (including phenoxy) is 2. The number of alkyl halides is 6. The van der Waals surface area contributed by atoms with E-state index >= 15 is 0 Å². The molecule has 0 unspecified atom stereocenters.